The Bertz CT molecular complexity index is 977. The van der Waals surface area contributed by atoms with E-state index in [0.717, 1.165) is 11.1 Å². The molecule has 0 aliphatic rings. The zero-order valence-corrected chi connectivity index (χ0v) is 16.6. The second kappa shape index (κ2) is 10.3. The highest BCUT2D eigenvalue weighted by Gasteiger charge is 2.08. The minimum absolute atomic E-state index is 0.0968. The van der Waals surface area contributed by atoms with Crippen molar-refractivity contribution in [3.8, 4) is 0 Å². The number of rotatable bonds is 8. The van der Waals surface area contributed by atoms with Crippen molar-refractivity contribution >= 4 is 29.1 Å². The molecule has 29 heavy (non-hydrogen) atoms. The van der Waals surface area contributed by atoms with Crippen molar-refractivity contribution in [1.82, 2.24) is 10.6 Å². The third-order valence-corrected chi connectivity index (χ3v) is 4.68. The summed E-state index contributed by atoms with van der Waals surface area (Å²) in [6.45, 7) is 0.920. The van der Waals surface area contributed by atoms with Gasteiger partial charge in [-0.15, -0.1) is 0 Å². The Kier molecular flexibility index (Phi) is 7.25. The number of hydrogen-bond acceptors (Lipinski definition) is 3. The molecule has 3 aromatic carbocycles. The predicted molar refractivity (Wildman–Crippen MR) is 116 cm³/mol. The van der Waals surface area contributed by atoms with Crippen LogP contribution in [0.5, 0.6) is 0 Å². The molecule has 0 saturated carbocycles. The van der Waals surface area contributed by atoms with Gasteiger partial charge in [-0.2, -0.15) is 0 Å². The van der Waals surface area contributed by atoms with E-state index < -0.39 is 0 Å². The summed E-state index contributed by atoms with van der Waals surface area (Å²) in [5, 5.41) is 9.37. The summed E-state index contributed by atoms with van der Waals surface area (Å²) in [6, 6.07) is 24.2. The number of carbonyl (C=O) groups excluding carboxylic acids is 2. The lowest BCUT2D eigenvalue weighted by molar-refractivity contribution is -0.119. The number of carbonyl (C=O) groups is 2. The van der Waals surface area contributed by atoms with Gasteiger partial charge in [0.25, 0.3) is 5.91 Å². The zero-order chi connectivity index (χ0) is 20.5. The number of benzene rings is 3. The second-order valence-corrected chi connectivity index (χ2v) is 6.88. The Morgan fingerprint density at radius 3 is 2.34 bits per heavy atom. The first kappa shape index (κ1) is 20.4. The van der Waals surface area contributed by atoms with Crippen molar-refractivity contribution in [2.24, 2.45) is 0 Å². The van der Waals surface area contributed by atoms with Gasteiger partial charge in [0.05, 0.1) is 6.54 Å². The SMILES string of the molecule is O=C(CNc1cccc(C(=O)NCc2ccccc2)c1)NCc1ccccc1Cl. The molecule has 0 spiro atoms. The summed E-state index contributed by atoms with van der Waals surface area (Å²) in [6.07, 6.45) is 0. The third-order valence-electron chi connectivity index (χ3n) is 4.31. The summed E-state index contributed by atoms with van der Waals surface area (Å²) < 4.78 is 0. The van der Waals surface area contributed by atoms with Crippen molar-refractivity contribution in [2.45, 2.75) is 13.1 Å². The molecule has 6 heteroatoms. The van der Waals surface area contributed by atoms with Gasteiger partial charge in [0.2, 0.25) is 5.91 Å². The average Bonchev–Trinajstić information content (AvgIpc) is 2.76. The minimum atomic E-state index is -0.166. The number of nitrogens with one attached hydrogen (secondary N) is 3. The highest BCUT2D eigenvalue weighted by Crippen LogP contribution is 2.14. The lowest BCUT2D eigenvalue weighted by Crippen LogP contribution is -2.29. The van der Waals surface area contributed by atoms with E-state index in [4.69, 9.17) is 11.6 Å². The Morgan fingerprint density at radius 1 is 0.793 bits per heavy atom. The van der Waals surface area contributed by atoms with E-state index in [-0.39, 0.29) is 18.4 Å². The van der Waals surface area contributed by atoms with E-state index in [2.05, 4.69) is 16.0 Å². The Hall–Kier alpha value is -3.31. The van der Waals surface area contributed by atoms with Crippen molar-refractivity contribution < 1.29 is 9.59 Å². The maximum Gasteiger partial charge on any atom is 0.251 e. The molecule has 0 aliphatic carbocycles. The van der Waals surface area contributed by atoms with Gasteiger partial charge in [-0.1, -0.05) is 66.2 Å². The Labute approximate surface area is 175 Å². The molecule has 0 bridgehead atoms. The summed E-state index contributed by atoms with van der Waals surface area (Å²) >= 11 is 6.09. The molecule has 0 saturated heterocycles. The van der Waals surface area contributed by atoms with Crippen LogP contribution in [0.25, 0.3) is 0 Å². The van der Waals surface area contributed by atoms with Gasteiger partial charge in [-0.05, 0) is 35.4 Å². The van der Waals surface area contributed by atoms with Crippen LogP contribution in [0.1, 0.15) is 21.5 Å². The van der Waals surface area contributed by atoms with Crippen LogP contribution in [0.3, 0.4) is 0 Å². The Morgan fingerprint density at radius 2 is 1.55 bits per heavy atom. The molecule has 0 aromatic heterocycles. The van der Waals surface area contributed by atoms with Crippen LogP contribution in [0.15, 0.2) is 78.9 Å². The molecule has 0 atom stereocenters. The molecular formula is C23H22ClN3O2. The number of amides is 2. The molecule has 3 N–H and O–H groups in total. The quantitative estimate of drug-likeness (QED) is 0.528. The van der Waals surface area contributed by atoms with Gasteiger partial charge in [0, 0.05) is 29.4 Å². The molecule has 0 aliphatic heterocycles. The van der Waals surface area contributed by atoms with Gasteiger partial charge in [0.1, 0.15) is 0 Å². The first-order chi connectivity index (χ1) is 14.1. The molecule has 3 aromatic rings. The van der Waals surface area contributed by atoms with Crippen LogP contribution < -0.4 is 16.0 Å². The topological polar surface area (TPSA) is 70.2 Å². The third kappa shape index (κ3) is 6.36. The first-order valence-electron chi connectivity index (χ1n) is 9.28. The van der Waals surface area contributed by atoms with E-state index in [1.165, 1.54) is 0 Å². The fourth-order valence-corrected chi connectivity index (χ4v) is 2.93. The van der Waals surface area contributed by atoms with Crippen LogP contribution in [-0.4, -0.2) is 18.4 Å². The number of anilines is 1. The standard InChI is InChI=1S/C23H22ClN3O2/c24-21-12-5-4-9-19(21)15-26-22(28)16-25-20-11-6-10-18(13-20)23(29)27-14-17-7-2-1-3-8-17/h1-13,25H,14-16H2,(H,26,28)(H,27,29). The molecule has 3 rings (SSSR count). The highest BCUT2D eigenvalue weighted by atomic mass is 35.5. The lowest BCUT2D eigenvalue weighted by atomic mass is 10.1. The molecule has 148 valence electrons. The van der Waals surface area contributed by atoms with Gasteiger partial charge < -0.3 is 16.0 Å². The highest BCUT2D eigenvalue weighted by molar-refractivity contribution is 6.31. The summed E-state index contributed by atoms with van der Waals surface area (Å²) in [5.74, 6) is -0.329. The zero-order valence-electron chi connectivity index (χ0n) is 15.8. The lowest BCUT2D eigenvalue weighted by Gasteiger charge is -2.10. The smallest absolute Gasteiger partial charge is 0.251 e. The van der Waals surface area contributed by atoms with Gasteiger partial charge in [-0.25, -0.2) is 0 Å². The van der Waals surface area contributed by atoms with Crippen molar-refractivity contribution in [1.29, 1.82) is 0 Å². The van der Waals surface area contributed by atoms with Gasteiger partial charge >= 0.3 is 0 Å². The molecule has 0 unspecified atom stereocenters. The van der Waals surface area contributed by atoms with Crippen LogP contribution in [0, 0.1) is 0 Å². The predicted octanol–water partition coefficient (Wildman–Crippen LogP) is 4.00. The number of hydrogen-bond donors (Lipinski definition) is 3. The minimum Gasteiger partial charge on any atom is -0.376 e. The monoisotopic (exact) mass is 407 g/mol. The van der Waals surface area contributed by atoms with Crippen LogP contribution in [0.2, 0.25) is 5.02 Å². The maximum absolute atomic E-state index is 12.4. The summed E-state index contributed by atoms with van der Waals surface area (Å²) in [5.41, 5.74) is 3.12. The summed E-state index contributed by atoms with van der Waals surface area (Å²) in [4.78, 5) is 24.5. The van der Waals surface area contributed by atoms with E-state index in [0.29, 0.717) is 29.4 Å². The van der Waals surface area contributed by atoms with Gasteiger partial charge in [-0.3, -0.25) is 9.59 Å². The summed E-state index contributed by atoms with van der Waals surface area (Å²) in [7, 11) is 0. The number of halogens is 1. The van der Waals surface area contributed by atoms with Crippen molar-refractivity contribution in [2.75, 3.05) is 11.9 Å². The van der Waals surface area contributed by atoms with E-state index in [1.807, 2.05) is 54.6 Å². The average molecular weight is 408 g/mol. The van der Waals surface area contributed by atoms with Crippen molar-refractivity contribution in [3.63, 3.8) is 0 Å². The fraction of sp³-hybridized carbons (Fsp3) is 0.130. The van der Waals surface area contributed by atoms with Crippen LogP contribution >= 0.6 is 11.6 Å². The molecule has 2 amide bonds. The maximum atomic E-state index is 12.4. The normalized spacial score (nSPS) is 10.2. The van der Waals surface area contributed by atoms with Gasteiger partial charge in [0.15, 0.2) is 0 Å². The van der Waals surface area contributed by atoms with E-state index in [1.54, 1.807) is 24.3 Å². The molecule has 0 radical (unpaired) electrons. The molecular weight excluding hydrogens is 386 g/mol. The molecule has 5 nitrogen and oxygen atoms in total. The van der Waals surface area contributed by atoms with Crippen LogP contribution in [-0.2, 0) is 17.9 Å². The first-order valence-corrected chi connectivity index (χ1v) is 9.66. The molecule has 0 fully saturated rings. The van der Waals surface area contributed by atoms with E-state index in [9.17, 15) is 9.59 Å². The fourth-order valence-electron chi connectivity index (χ4n) is 2.73. The van der Waals surface area contributed by atoms with E-state index >= 15 is 0 Å². The molecule has 0 heterocycles. The van der Waals surface area contributed by atoms with Crippen LogP contribution in [0.4, 0.5) is 5.69 Å². The van der Waals surface area contributed by atoms with Crippen molar-refractivity contribution in [3.05, 3.63) is 101 Å². The Balaban J connectivity index is 1.48. The second-order valence-electron chi connectivity index (χ2n) is 6.47. The largest absolute Gasteiger partial charge is 0.376 e.